The molecule has 2 fully saturated rings. The molecule has 3 aliphatic heterocycles. The molecule has 0 spiro atoms. The van der Waals surface area contributed by atoms with Gasteiger partial charge in [-0.3, -0.25) is 9.48 Å². The number of carbonyl (C=O) groups is 2. The molecule has 3 aliphatic rings. The van der Waals surface area contributed by atoms with Gasteiger partial charge in [-0.15, -0.1) is 0 Å². The molecule has 25 heavy (non-hydrogen) atoms. The summed E-state index contributed by atoms with van der Waals surface area (Å²) in [6, 6.07) is 0.0679. The van der Waals surface area contributed by atoms with E-state index in [0.717, 1.165) is 37.1 Å². The van der Waals surface area contributed by atoms with Gasteiger partial charge >= 0.3 is 6.03 Å². The van der Waals surface area contributed by atoms with Crippen molar-refractivity contribution in [3.05, 3.63) is 17.5 Å². The summed E-state index contributed by atoms with van der Waals surface area (Å²) < 4.78 is 7.27. The molecule has 8 nitrogen and oxygen atoms in total. The lowest BCUT2D eigenvalue weighted by Gasteiger charge is -2.38. The Morgan fingerprint density at radius 1 is 0.880 bits per heavy atom. The summed E-state index contributed by atoms with van der Waals surface area (Å²) in [4.78, 5) is 30.9. The first-order valence-electron chi connectivity index (χ1n) is 9.19. The molecule has 0 unspecified atom stereocenters. The van der Waals surface area contributed by atoms with Gasteiger partial charge in [-0.25, -0.2) is 4.79 Å². The van der Waals surface area contributed by atoms with E-state index in [1.54, 1.807) is 6.20 Å². The number of aromatic nitrogens is 2. The predicted octanol–water partition coefficient (Wildman–Crippen LogP) is 0.429. The van der Waals surface area contributed by atoms with Crippen LogP contribution in [0.15, 0.2) is 6.20 Å². The van der Waals surface area contributed by atoms with Gasteiger partial charge in [-0.2, -0.15) is 5.10 Å². The zero-order valence-corrected chi connectivity index (χ0v) is 14.5. The van der Waals surface area contributed by atoms with Gasteiger partial charge in [0.1, 0.15) is 0 Å². The van der Waals surface area contributed by atoms with Crippen LogP contribution in [0.2, 0.25) is 0 Å². The zero-order valence-electron chi connectivity index (χ0n) is 14.5. The summed E-state index contributed by atoms with van der Waals surface area (Å²) in [5.41, 5.74) is 1.82. The van der Waals surface area contributed by atoms with Crippen molar-refractivity contribution in [3.63, 3.8) is 0 Å². The normalized spacial score (nSPS) is 21.2. The summed E-state index contributed by atoms with van der Waals surface area (Å²) in [7, 11) is 0. The average molecular weight is 347 g/mol. The molecule has 3 amide bonds. The number of hydrogen-bond donors (Lipinski definition) is 0. The van der Waals surface area contributed by atoms with Crippen LogP contribution in [-0.4, -0.2) is 88.9 Å². The molecular weight excluding hydrogens is 322 g/mol. The molecular formula is C17H25N5O3. The second-order valence-electron chi connectivity index (χ2n) is 6.85. The highest BCUT2D eigenvalue weighted by Crippen LogP contribution is 2.20. The molecule has 136 valence electrons. The molecule has 1 aromatic heterocycles. The van der Waals surface area contributed by atoms with E-state index in [2.05, 4.69) is 5.10 Å². The molecule has 1 aromatic rings. The first-order valence-corrected chi connectivity index (χ1v) is 9.19. The van der Waals surface area contributed by atoms with Gasteiger partial charge in [0.25, 0.3) is 5.91 Å². The highest BCUT2D eigenvalue weighted by Gasteiger charge is 2.30. The van der Waals surface area contributed by atoms with E-state index in [0.29, 0.717) is 52.5 Å². The Morgan fingerprint density at radius 3 is 2.32 bits per heavy atom. The van der Waals surface area contributed by atoms with Crippen molar-refractivity contribution in [1.82, 2.24) is 24.5 Å². The van der Waals surface area contributed by atoms with Crippen LogP contribution >= 0.6 is 0 Å². The smallest absolute Gasteiger partial charge is 0.320 e. The summed E-state index contributed by atoms with van der Waals surface area (Å²) in [6.07, 6.45) is 4.89. The highest BCUT2D eigenvalue weighted by atomic mass is 16.5. The monoisotopic (exact) mass is 347 g/mol. The molecule has 0 bridgehead atoms. The number of ether oxygens (including phenoxy) is 1. The van der Waals surface area contributed by atoms with Gasteiger partial charge in [0.05, 0.1) is 30.7 Å². The van der Waals surface area contributed by atoms with E-state index in [1.807, 2.05) is 19.4 Å². The third-order valence-corrected chi connectivity index (χ3v) is 5.33. The van der Waals surface area contributed by atoms with Crippen molar-refractivity contribution < 1.29 is 14.3 Å². The minimum Gasteiger partial charge on any atom is -0.378 e. The topological polar surface area (TPSA) is 70.9 Å². The van der Waals surface area contributed by atoms with Gasteiger partial charge in [0, 0.05) is 45.8 Å². The maximum absolute atomic E-state index is 12.9. The molecule has 0 N–H and O–H groups in total. The van der Waals surface area contributed by atoms with E-state index >= 15 is 0 Å². The first kappa shape index (κ1) is 16.4. The molecule has 8 heteroatoms. The molecule has 2 saturated heterocycles. The van der Waals surface area contributed by atoms with E-state index in [9.17, 15) is 9.59 Å². The molecule has 0 aliphatic carbocycles. The number of hydrogen-bond acceptors (Lipinski definition) is 4. The Balaban J connectivity index is 1.36. The number of fused-ring (bicyclic) bond motifs is 1. The van der Waals surface area contributed by atoms with E-state index in [4.69, 9.17) is 4.74 Å². The lowest BCUT2D eigenvalue weighted by molar-refractivity contribution is 0.0362. The van der Waals surface area contributed by atoms with Crippen molar-refractivity contribution in [3.8, 4) is 0 Å². The lowest BCUT2D eigenvalue weighted by atomic mass is 10.1. The zero-order chi connectivity index (χ0) is 17.2. The Morgan fingerprint density at radius 2 is 1.56 bits per heavy atom. The minimum atomic E-state index is 0.0571. The van der Waals surface area contributed by atoms with Gasteiger partial charge < -0.3 is 19.4 Å². The van der Waals surface area contributed by atoms with Gasteiger partial charge in [-0.05, 0) is 19.3 Å². The lowest BCUT2D eigenvalue weighted by Crippen LogP contribution is -2.55. The van der Waals surface area contributed by atoms with Crippen LogP contribution in [0.1, 0.15) is 28.9 Å². The largest absolute Gasteiger partial charge is 0.378 e. The number of nitrogens with zero attached hydrogens (tertiary/aromatic N) is 5. The third kappa shape index (κ3) is 3.22. The summed E-state index contributed by atoms with van der Waals surface area (Å²) >= 11 is 0. The quantitative estimate of drug-likeness (QED) is 0.739. The van der Waals surface area contributed by atoms with Crippen LogP contribution in [0.5, 0.6) is 0 Å². The number of carbonyl (C=O) groups excluding carboxylic acids is 2. The van der Waals surface area contributed by atoms with E-state index < -0.39 is 0 Å². The van der Waals surface area contributed by atoms with Gasteiger partial charge in [0.2, 0.25) is 0 Å². The second-order valence-corrected chi connectivity index (χ2v) is 6.85. The van der Waals surface area contributed by atoms with E-state index in [-0.39, 0.29) is 11.9 Å². The summed E-state index contributed by atoms with van der Waals surface area (Å²) in [5, 5.41) is 4.36. The second kappa shape index (κ2) is 7.03. The van der Waals surface area contributed by atoms with Crippen molar-refractivity contribution in [1.29, 1.82) is 0 Å². The number of morpholine rings is 1. The maximum atomic E-state index is 12.9. The maximum Gasteiger partial charge on any atom is 0.320 e. The molecule has 0 saturated carbocycles. The van der Waals surface area contributed by atoms with Crippen LogP contribution in [0.25, 0.3) is 0 Å². The Bertz CT molecular complexity index is 645. The average Bonchev–Trinajstić information content (AvgIpc) is 3.12. The number of aryl methyl sites for hydroxylation is 1. The molecule has 0 radical (unpaired) electrons. The van der Waals surface area contributed by atoms with Crippen LogP contribution in [0.4, 0.5) is 4.79 Å². The third-order valence-electron chi connectivity index (χ3n) is 5.33. The van der Waals surface area contributed by atoms with Gasteiger partial charge in [0.15, 0.2) is 0 Å². The number of amides is 3. The van der Waals surface area contributed by atoms with E-state index in [1.165, 1.54) is 0 Å². The molecule has 0 aromatic carbocycles. The SMILES string of the molecule is O=C(c1cnn2c1CCCC2)N1CCN(C(=O)N2CCOCC2)CC1. The fourth-order valence-electron chi connectivity index (χ4n) is 3.83. The summed E-state index contributed by atoms with van der Waals surface area (Å²) in [6.45, 7) is 5.77. The first-order chi connectivity index (χ1) is 12.2. The highest BCUT2D eigenvalue weighted by molar-refractivity contribution is 5.95. The Labute approximate surface area is 147 Å². The van der Waals surface area contributed by atoms with Crippen molar-refractivity contribution in [2.45, 2.75) is 25.8 Å². The molecule has 4 heterocycles. The van der Waals surface area contributed by atoms with Gasteiger partial charge in [-0.1, -0.05) is 0 Å². The fraction of sp³-hybridized carbons (Fsp3) is 0.706. The number of piperazine rings is 1. The fourth-order valence-corrected chi connectivity index (χ4v) is 3.83. The standard InChI is InChI=1S/C17H25N5O3/c23-16(14-13-18-22-4-2-1-3-15(14)22)19-5-7-20(8-6-19)17(24)21-9-11-25-12-10-21/h13H,1-12H2. The molecule has 4 rings (SSSR count). The Kier molecular flexibility index (Phi) is 4.61. The number of urea groups is 1. The van der Waals surface area contributed by atoms with Crippen LogP contribution in [0.3, 0.4) is 0 Å². The number of rotatable bonds is 1. The minimum absolute atomic E-state index is 0.0571. The van der Waals surface area contributed by atoms with Crippen molar-refractivity contribution in [2.75, 3.05) is 52.5 Å². The Hall–Kier alpha value is -2.09. The predicted molar refractivity (Wildman–Crippen MR) is 90.4 cm³/mol. The van der Waals surface area contributed by atoms with Crippen LogP contribution < -0.4 is 0 Å². The van der Waals surface area contributed by atoms with Crippen LogP contribution in [-0.2, 0) is 17.7 Å². The van der Waals surface area contributed by atoms with Crippen molar-refractivity contribution in [2.24, 2.45) is 0 Å². The summed E-state index contributed by atoms with van der Waals surface area (Å²) in [5.74, 6) is 0.0571. The van der Waals surface area contributed by atoms with Crippen molar-refractivity contribution >= 4 is 11.9 Å². The van der Waals surface area contributed by atoms with Crippen LogP contribution in [0, 0.1) is 0 Å². The molecule has 0 atom stereocenters.